The van der Waals surface area contributed by atoms with Crippen molar-refractivity contribution in [2.24, 2.45) is 0 Å². The summed E-state index contributed by atoms with van der Waals surface area (Å²) in [6, 6.07) is 14.0. The maximum Gasteiger partial charge on any atom is 0.0284 e. The van der Waals surface area contributed by atoms with Crippen LogP contribution in [0.4, 0.5) is 0 Å². The van der Waals surface area contributed by atoms with E-state index in [4.69, 9.17) is 0 Å². The summed E-state index contributed by atoms with van der Waals surface area (Å²) in [6.45, 7) is 4.41. The number of fused-ring (bicyclic) bond motifs is 5. The van der Waals surface area contributed by atoms with E-state index < -0.39 is 0 Å². The van der Waals surface area contributed by atoms with Crippen LogP contribution in [-0.4, -0.2) is 0 Å². The molecule has 2 aliphatic rings. The van der Waals surface area contributed by atoms with Crippen LogP contribution in [0.2, 0.25) is 0 Å². The van der Waals surface area contributed by atoms with Gasteiger partial charge in [0.1, 0.15) is 0 Å². The van der Waals surface area contributed by atoms with Crippen LogP contribution in [0.3, 0.4) is 0 Å². The summed E-state index contributed by atoms with van der Waals surface area (Å²) in [5, 5.41) is 0. The zero-order chi connectivity index (χ0) is 15.2. The molecule has 0 unspecified atom stereocenters. The molecule has 0 radical (unpaired) electrons. The number of allylic oxidation sites excluding steroid dienone is 4. The lowest BCUT2D eigenvalue weighted by atomic mass is 9.71. The smallest absolute Gasteiger partial charge is 0.0284 e. The van der Waals surface area contributed by atoms with E-state index in [9.17, 15) is 0 Å². The minimum atomic E-state index is 0.121. The lowest BCUT2D eigenvalue weighted by Gasteiger charge is -2.31. The highest BCUT2D eigenvalue weighted by molar-refractivity contribution is 5.82. The molecule has 0 atom stereocenters. The third-order valence-electron chi connectivity index (χ3n) is 5.21. The topological polar surface area (TPSA) is 0 Å². The molecule has 0 saturated heterocycles. The standard InChI is InChI=1S/C22H22/c1-16-8-10-18-19-11-9-17(2)15-21(19)22(20(18)14-16)12-6-4-3-5-7-13-22/h4-11,14-15H,3,12-13H2,1-2H3/b6-4-,7-5-. The van der Waals surface area contributed by atoms with Gasteiger partial charge in [-0.2, -0.15) is 0 Å². The van der Waals surface area contributed by atoms with E-state index in [0.29, 0.717) is 0 Å². The molecule has 0 fully saturated rings. The summed E-state index contributed by atoms with van der Waals surface area (Å²) in [5.41, 5.74) is 8.74. The van der Waals surface area contributed by atoms with Crippen molar-refractivity contribution in [3.05, 3.63) is 83.0 Å². The van der Waals surface area contributed by atoms with Crippen molar-refractivity contribution < 1.29 is 0 Å². The molecule has 0 nitrogen and oxygen atoms in total. The SMILES string of the molecule is Cc1ccc2c(c1)C1(C/C=C\C/C=C\C1)c1cc(C)ccc1-2. The van der Waals surface area contributed by atoms with Crippen LogP contribution in [0.25, 0.3) is 11.1 Å². The van der Waals surface area contributed by atoms with Gasteiger partial charge in [0.25, 0.3) is 0 Å². The molecule has 0 saturated carbocycles. The molecular weight excluding hydrogens is 264 g/mol. The van der Waals surface area contributed by atoms with Gasteiger partial charge >= 0.3 is 0 Å². The molecule has 2 aromatic rings. The maximum absolute atomic E-state index is 2.41. The third kappa shape index (κ3) is 1.90. The second-order valence-electron chi connectivity index (χ2n) is 6.77. The van der Waals surface area contributed by atoms with Gasteiger partial charge in [0, 0.05) is 5.41 Å². The highest BCUT2D eigenvalue weighted by atomic mass is 14.4. The maximum atomic E-state index is 2.41. The van der Waals surface area contributed by atoms with E-state index in [1.54, 1.807) is 0 Å². The van der Waals surface area contributed by atoms with E-state index in [2.05, 4.69) is 74.5 Å². The van der Waals surface area contributed by atoms with Crippen molar-refractivity contribution in [3.63, 3.8) is 0 Å². The fourth-order valence-corrected chi connectivity index (χ4v) is 4.09. The Bertz CT molecular complexity index is 722. The molecule has 0 bridgehead atoms. The van der Waals surface area contributed by atoms with Crippen molar-refractivity contribution in [1.82, 2.24) is 0 Å². The molecule has 0 amide bonds. The van der Waals surface area contributed by atoms with Crippen LogP contribution in [0.1, 0.15) is 41.5 Å². The van der Waals surface area contributed by atoms with Crippen molar-refractivity contribution in [2.75, 3.05) is 0 Å². The molecule has 1 spiro atoms. The number of hydrogen-bond donors (Lipinski definition) is 0. The van der Waals surface area contributed by atoms with Crippen LogP contribution in [-0.2, 0) is 5.41 Å². The molecule has 0 aromatic heterocycles. The highest BCUT2D eigenvalue weighted by Crippen LogP contribution is 2.53. The first kappa shape index (κ1) is 13.6. The molecule has 2 aliphatic carbocycles. The van der Waals surface area contributed by atoms with Crippen LogP contribution < -0.4 is 0 Å². The Morgan fingerprint density at radius 2 is 1.18 bits per heavy atom. The summed E-state index contributed by atoms with van der Waals surface area (Å²) in [5.74, 6) is 0. The minimum absolute atomic E-state index is 0.121. The zero-order valence-corrected chi connectivity index (χ0v) is 13.4. The Labute approximate surface area is 133 Å². The van der Waals surface area contributed by atoms with Gasteiger partial charge in [0.15, 0.2) is 0 Å². The summed E-state index contributed by atoms with van der Waals surface area (Å²) < 4.78 is 0. The molecular formula is C22H22. The lowest BCUT2D eigenvalue weighted by Crippen LogP contribution is -2.24. The van der Waals surface area contributed by atoms with Gasteiger partial charge in [-0.05, 0) is 55.4 Å². The predicted molar refractivity (Wildman–Crippen MR) is 94.3 cm³/mol. The van der Waals surface area contributed by atoms with Crippen LogP contribution in [0.15, 0.2) is 60.7 Å². The van der Waals surface area contributed by atoms with E-state index in [1.807, 2.05) is 0 Å². The fraction of sp³-hybridized carbons (Fsp3) is 0.273. The number of hydrogen-bond acceptors (Lipinski definition) is 0. The monoisotopic (exact) mass is 286 g/mol. The Morgan fingerprint density at radius 1 is 0.682 bits per heavy atom. The number of aryl methyl sites for hydroxylation is 2. The summed E-state index contributed by atoms with van der Waals surface area (Å²) >= 11 is 0. The minimum Gasteiger partial charge on any atom is -0.0870 e. The third-order valence-corrected chi connectivity index (χ3v) is 5.21. The van der Waals surface area contributed by atoms with Crippen molar-refractivity contribution in [1.29, 1.82) is 0 Å². The van der Waals surface area contributed by atoms with Crippen molar-refractivity contribution in [3.8, 4) is 11.1 Å². The molecule has 0 aliphatic heterocycles. The quantitative estimate of drug-likeness (QED) is 0.532. The molecule has 4 rings (SSSR count). The predicted octanol–water partition coefficient (Wildman–Crippen LogP) is 5.87. The second-order valence-corrected chi connectivity index (χ2v) is 6.77. The molecule has 22 heavy (non-hydrogen) atoms. The zero-order valence-electron chi connectivity index (χ0n) is 13.4. The van der Waals surface area contributed by atoms with Crippen LogP contribution in [0.5, 0.6) is 0 Å². The van der Waals surface area contributed by atoms with E-state index in [0.717, 1.165) is 19.3 Å². The second kappa shape index (κ2) is 4.98. The van der Waals surface area contributed by atoms with Crippen LogP contribution in [0, 0.1) is 13.8 Å². The summed E-state index contributed by atoms with van der Waals surface area (Å²) in [6.07, 6.45) is 12.6. The molecule has 0 N–H and O–H groups in total. The van der Waals surface area contributed by atoms with E-state index in [-0.39, 0.29) is 5.41 Å². The van der Waals surface area contributed by atoms with Crippen molar-refractivity contribution in [2.45, 2.75) is 38.5 Å². The first-order chi connectivity index (χ1) is 10.7. The molecule has 0 heterocycles. The van der Waals surface area contributed by atoms with Gasteiger partial charge in [-0.25, -0.2) is 0 Å². The highest BCUT2D eigenvalue weighted by Gasteiger charge is 2.41. The molecule has 0 heteroatoms. The summed E-state index contributed by atoms with van der Waals surface area (Å²) in [7, 11) is 0. The number of rotatable bonds is 0. The van der Waals surface area contributed by atoms with E-state index >= 15 is 0 Å². The van der Waals surface area contributed by atoms with Gasteiger partial charge in [0.05, 0.1) is 0 Å². The van der Waals surface area contributed by atoms with Gasteiger partial charge in [-0.3, -0.25) is 0 Å². The normalized spacial score (nSPS) is 20.8. The largest absolute Gasteiger partial charge is 0.0870 e. The average Bonchev–Trinajstić information content (AvgIpc) is 2.73. The Kier molecular flexibility index (Phi) is 3.07. The Hall–Kier alpha value is -2.08. The Morgan fingerprint density at radius 3 is 1.68 bits per heavy atom. The fourth-order valence-electron chi connectivity index (χ4n) is 4.09. The van der Waals surface area contributed by atoms with Crippen molar-refractivity contribution >= 4 is 0 Å². The van der Waals surface area contributed by atoms with Crippen LogP contribution >= 0.6 is 0 Å². The van der Waals surface area contributed by atoms with Gasteiger partial charge < -0.3 is 0 Å². The van der Waals surface area contributed by atoms with E-state index in [1.165, 1.54) is 33.4 Å². The molecule has 2 aromatic carbocycles. The Balaban J connectivity index is 2.03. The van der Waals surface area contributed by atoms with Gasteiger partial charge in [0.2, 0.25) is 0 Å². The van der Waals surface area contributed by atoms with Gasteiger partial charge in [-0.1, -0.05) is 71.8 Å². The first-order valence-corrected chi connectivity index (χ1v) is 8.23. The average molecular weight is 286 g/mol. The first-order valence-electron chi connectivity index (χ1n) is 8.23. The lowest BCUT2D eigenvalue weighted by molar-refractivity contribution is 0.539. The summed E-state index contributed by atoms with van der Waals surface area (Å²) in [4.78, 5) is 0. The number of benzene rings is 2. The molecule has 110 valence electrons. The van der Waals surface area contributed by atoms with Gasteiger partial charge in [-0.15, -0.1) is 0 Å².